The van der Waals surface area contributed by atoms with E-state index in [0.29, 0.717) is 42.7 Å². The third-order valence-electron chi connectivity index (χ3n) is 6.86. The number of nitrogens with zero attached hydrogens (tertiary/aromatic N) is 1. The lowest BCUT2D eigenvalue weighted by Gasteiger charge is -2.38. The number of hydrogen-bond donors (Lipinski definition) is 0. The van der Waals surface area contributed by atoms with Gasteiger partial charge in [0.25, 0.3) is 0 Å². The molecule has 0 aromatic carbocycles. The number of carbonyl (C=O) groups excluding carboxylic acids is 2. The van der Waals surface area contributed by atoms with Crippen LogP contribution in [-0.2, 0) is 4.79 Å². The molecule has 1 aromatic heterocycles. The zero-order valence-corrected chi connectivity index (χ0v) is 21.2. The molecule has 0 amide bonds. The van der Waals surface area contributed by atoms with Crippen LogP contribution in [0.3, 0.4) is 0 Å². The molecule has 0 radical (unpaired) electrons. The Morgan fingerprint density at radius 3 is 2.39 bits per heavy atom. The zero-order valence-electron chi connectivity index (χ0n) is 20.4. The monoisotopic (exact) mass is 443 g/mol. The van der Waals surface area contributed by atoms with Gasteiger partial charge < -0.3 is 0 Å². The molecule has 1 aromatic rings. The third kappa shape index (κ3) is 6.61. The highest BCUT2D eigenvalue weighted by molar-refractivity contribution is 7.14. The Kier molecular flexibility index (Phi) is 7.96. The van der Waals surface area contributed by atoms with Gasteiger partial charge in [0, 0.05) is 23.4 Å². The Labute approximate surface area is 193 Å². The van der Waals surface area contributed by atoms with E-state index in [2.05, 4.69) is 52.5 Å². The average molecular weight is 444 g/mol. The molecule has 0 spiro atoms. The van der Waals surface area contributed by atoms with Crippen molar-refractivity contribution in [2.24, 2.45) is 11.3 Å². The highest BCUT2D eigenvalue weighted by Crippen LogP contribution is 2.40. The number of piperidine rings is 1. The number of thiophene rings is 1. The summed E-state index contributed by atoms with van der Waals surface area (Å²) in [5.74, 6) is 1.76. The number of Topliss-reactive ketones (excluding diaryl/α,β-unsaturated/α-hetero) is 1. The molecule has 2 aliphatic rings. The van der Waals surface area contributed by atoms with Gasteiger partial charge in [-0.1, -0.05) is 40.7 Å². The fraction of sp³-hybridized carbons (Fsp3) is 0.704. The minimum Gasteiger partial charge on any atom is -0.293 e. The van der Waals surface area contributed by atoms with Crippen molar-refractivity contribution in [1.82, 2.24) is 4.90 Å². The number of carbonyl (C=O) groups is 2. The number of ketones is 2. The van der Waals surface area contributed by atoms with Crippen LogP contribution in [0.5, 0.6) is 0 Å². The summed E-state index contributed by atoms with van der Waals surface area (Å²) >= 11 is 1.69. The molecule has 3 atom stereocenters. The predicted octanol–water partition coefficient (Wildman–Crippen LogP) is 6.95. The van der Waals surface area contributed by atoms with Crippen LogP contribution in [0.1, 0.15) is 106 Å². The lowest BCUT2D eigenvalue weighted by atomic mass is 9.86. The van der Waals surface area contributed by atoms with Gasteiger partial charge in [-0.2, -0.15) is 0 Å². The first-order valence-electron chi connectivity index (χ1n) is 12.1. The zero-order chi connectivity index (χ0) is 22.8. The molecule has 0 N–H and O–H groups in total. The summed E-state index contributed by atoms with van der Waals surface area (Å²) in [5, 5.41) is 0. The normalized spacial score (nSPS) is 24.4. The van der Waals surface area contributed by atoms with Crippen molar-refractivity contribution in [3.8, 4) is 0 Å². The number of fused-ring (bicyclic) bond motifs is 2. The molecular formula is C27H41NO2S. The summed E-state index contributed by atoms with van der Waals surface area (Å²) in [7, 11) is 0. The van der Waals surface area contributed by atoms with Gasteiger partial charge >= 0.3 is 0 Å². The second-order valence-electron chi connectivity index (χ2n) is 11.2. The maximum Gasteiger partial charge on any atom is 0.173 e. The minimum absolute atomic E-state index is 0.0527. The molecule has 3 heterocycles. The van der Waals surface area contributed by atoms with Crippen LogP contribution in [0.4, 0.5) is 0 Å². The van der Waals surface area contributed by atoms with Crippen molar-refractivity contribution in [3.05, 3.63) is 33.5 Å². The predicted molar refractivity (Wildman–Crippen MR) is 131 cm³/mol. The van der Waals surface area contributed by atoms with E-state index in [1.54, 1.807) is 17.4 Å². The second kappa shape index (κ2) is 10.1. The summed E-state index contributed by atoms with van der Waals surface area (Å²) in [6.07, 6.45) is 11.5. The third-order valence-corrected chi connectivity index (χ3v) is 8.44. The van der Waals surface area contributed by atoms with E-state index in [1.807, 2.05) is 6.08 Å². The van der Waals surface area contributed by atoms with Gasteiger partial charge in [-0.15, -0.1) is 11.3 Å². The number of aryl methyl sites for hydroxylation is 1. The topological polar surface area (TPSA) is 37.4 Å². The SMILES string of the molecule is Cc1cc(C(C)C)sc1C(=O)CCCC1C[C@H]2CC[C@@H](C1)N2CC(=O)/C=C/C(C)(C)C. The molecule has 1 unspecified atom stereocenters. The van der Waals surface area contributed by atoms with Crippen LogP contribution in [0, 0.1) is 18.3 Å². The highest BCUT2D eigenvalue weighted by atomic mass is 32.1. The quantitative estimate of drug-likeness (QED) is 0.306. The Hall–Kier alpha value is -1.26. The van der Waals surface area contributed by atoms with Crippen LogP contribution in [-0.4, -0.2) is 35.1 Å². The first-order chi connectivity index (χ1) is 14.5. The summed E-state index contributed by atoms with van der Waals surface area (Å²) in [6, 6.07) is 3.30. The van der Waals surface area contributed by atoms with Crippen LogP contribution >= 0.6 is 11.3 Å². The maximum absolute atomic E-state index is 12.7. The van der Waals surface area contributed by atoms with Gasteiger partial charge in [0.1, 0.15) is 0 Å². The van der Waals surface area contributed by atoms with Gasteiger partial charge in [0.15, 0.2) is 11.6 Å². The standard InChI is InChI=1S/C27H41NO2S/c1-18(2)25-14-19(3)26(31-25)24(30)9-7-8-20-15-21-10-11-22(16-20)28(21)17-23(29)12-13-27(4,5)6/h12-14,18,20-22H,7-11,15-17H2,1-6H3/b13-12+/t20?,21-,22+. The molecule has 172 valence electrons. The largest absolute Gasteiger partial charge is 0.293 e. The molecule has 2 aliphatic heterocycles. The Morgan fingerprint density at radius 2 is 1.84 bits per heavy atom. The van der Waals surface area contributed by atoms with Gasteiger partial charge in [-0.3, -0.25) is 14.5 Å². The van der Waals surface area contributed by atoms with E-state index in [1.165, 1.54) is 30.6 Å². The van der Waals surface area contributed by atoms with E-state index in [-0.39, 0.29) is 11.2 Å². The van der Waals surface area contributed by atoms with E-state index in [4.69, 9.17) is 0 Å². The maximum atomic E-state index is 12.7. The Balaban J connectivity index is 1.46. The minimum atomic E-state index is 0.0527. The first-order valence-corrected chi connectivity index (χ1v) is 13.0. The molecule has 2 saturated heterocycles. The average Bonchev–Trinajstić information content (AvgIpc) is 3.16. The van der Waals surface area contributed by atoms with Crippen molar-refractivity contribution < 1.29 is 9.59 Å². The lowest BCUT2D eigenvalue weighted by molar-refractivity contribution is -0.117. The summed E-state index contributed by atoms with van der Waals surface area (Å²) in [5.41, 5.74) is 1.20. The van der Waals surface area contributed by atoms with Gasteiger partial charge in [0.2, 0.25) is 0 Å². The smallest absolute Gasteiger partial charge is 0.173 e. The molecular weight excluding hydrogens is 402 g/mol. The fourth-order valence-corrected chi connectivity index (χ4v) is 6.33. The summed E-state index contributed by atoms with van der Waals surface area (Å²) < 4.78 is 0. The number of hydrogen-bond acceptors (Lipinski definition) is 4. The highest BCUT2D eigenvalue weighted by Gasteiger charge is 2.40. The van der Waals surface area contributed by atoms with Gasteiger partial charge in [-0.25, -0.2) is 0 Å². The first kappa shape index (κ1) is 24.4. The van der Waals surface area contributed by atoms with E-state index in [9.17, 15) is 9.59 Å². The van der Waals surface area contributed by atoms with Gasteiger partial charge in [-0.05, 0) is 80.4 Å². The molecule has 2 bridgehead atoms. The Morgan fingerprint density at radius 1 is 1.19 bits per heavy atom. The van der Waals surface area contributed by atoms with Crippen molar-refractivity contribution >= 4 is 22.9 Å². The molecule has 3 rings (SSSR count). The van der Waals surface area contributed by atoms with Crippen LogP contribution in [0.2, 0.25) is 0 Å². The number of rotatable bonds is 9. The van der Waals surface area contributed by atoms with Crippen molar-refractivity contribution in [1.29, 1.82) is 0 Å². The van der Waals surface area contributed by atoms with Crippen LogP contribution < -0.4 is 0 Å². The Bertz CT molecular complexity index is 800. The fourth-order valence-electron chi connectivity index (χ4n) is 5.19. The lowest BCUT2D eigenvalue weighted by Crippen LogP contribution is -2.45. The molecule has 31 heavy (non-hydrogen) atoms. The molecule has 2 fully saturated rings. The second-order valence-corrected chi connectivity index (χ2v) is 12.3. The number of allylic oxidation sites excluding steroid dienone is 1. The van der Waals surface area contributed by atoms with Gasteiger partial charge in [0.05, 0.1) is 11.4 Å². The van der Waals surface area contributed by atoms with E-state index >= 15 is 0 Å². The molecule has 4 heteroatoms. The molecule has 3 nitrogen and oxygen atoms in total. The van der Waals surface area contributed by atoms with Crippen molar-refractivity contribution in [2.75, 3.05) is 6.54 Å². The summed E-state index contributed by atoms with van der Waals surface area (Å²) in [4.78, 5) is 30.0. The molecule has 0 saturated carbocycles. The van der Waals surface area contributed by atoms with Crippen LogP contribution in [0.15, 0.2) is 18.2 Å². The van der Waals surface area contributed by atoms with Crippen molar-refractivity contribution in [3.63, 3.8) is 0 Å². The van der Waals surface area contributed by atoms with E-state index < -0.39 is 0 Å². The van der Waals surface area contributed by atoms with Crippen molar-refractivity contribution in [2.45, 2.75) is 104 Å². The van der Waals surface area contributed by atoms with Crippen LogP contribution in [0.25, 0.3) is 0 Å². The van der Waals surface area contributed by atoms with E-state index in [0.717, 1.165) is 23.3 Å². The summed E-state index contributed by atoms with van der Waals surface area (Å²) in [6.45, 7) is 13.4. The molecule has 0 aliphatic carbocycles.